The minimum absolute atomic E-state index is 0.150. The van der Waals surface area contributed by atoms with Gasteiger partial charge in [0.25, 0.3) is 5.91 Å². The quantitative estimate of drug-likeness (QED) is 0.646. The molecule has 0 saturated heterocycles. The molecule has 0 aromatic rings. The van der Waals surface area contributed by atoms with E-state index in [1.807, 2.05) is 32.0 Å². The summed E-state index contributed by atoms with van der Waals surface area (Å²) in [4.78, 5) is 17.3. The Morgan fingerprint density at radius 2 is 2.07 bits per heavy atom. The molecule has 2 aliphatic rings. The number of carbonyl (C=O) groups excluding carboxylic acids is 1. The van der Waals surface area contributed by atoms with Gasteiger partial charge in [0.05, 0.1) is 5.71 Å². The van der Waals surface area contributed by atoms with Crippen LogP contribution in [0.3, 0.4) is 0 Å². The largest absolute Gasteiger partial charge is 0.378 e. The summed E-state index contributed by atoms with van der Waals surface area (Å²) in [6, 6.07) is 0. The lowest BCUT2D eigenvalue weighted by atomic mass is 9.88. The number of hydrogen-bond donors (Lipinski definition) is 0. The number of fused-ring (bicyclic) bond motifs is 1. The summed E-state index contributed by atoms with van der Waals surface area (Å²) in [5, 5.41) is 0. The van der Waals surface area contributed by atoms with Gasteiger partial charge >= 0.3 is 0 Å². The van der Waals surface area contributed by atoms with Crippen molar-refractivity contribution in [3.05, 3.63) is 35.6 Å². The van der Waals surface area contributed by atoms with Gasteiger partial charge in [0.1, 0.15) is 0 Å². The van der Waals surface area contributed by atoms with Crippen molar-refractivity contribution in [3.8, 4) is 0 Å². The average Bonchev–Trinajstić information content (AvgIpc) is 2.16. The fourth-order valence-corrected chi connectivity index (χ4v) is 1.79. The molecule has 1 aliphatic heterocycles. The number of aliphatic imine (C=N–C) groups is 1. The maximum Gasteiger partial charge on any atom is 0.269 e. The fraction of sp³-hybridized carbons (Fsp3) is 0.333. The molecular formula is C12H14N2O. The van der Waals surface area contributed by atoms with Gasteiger partial charge in [-0.25, -0.2) is 4.99 Å². The molecule has 1 unspecified atom stereocenters. The van der Waals surface area contributed by atoms with Crippen molar-refractivity contribution in [2.75, 3.05) is 14.1 Å². The number of nitrogens with zero attached hydrogens (tertiary/aromatic N) is 2. The van der Waals surface area contributed by atoms with Crippen LogP contribution < -0.4 is 0 Å². The molecule has 1 atom stereocenters. The Labute approximate surface area is 89.5 Å². The molecule has 0 bridgehead atoms. The van der Waals surface area contributed by atoms with Crippen LogP contribution in [-0.2, 0) is 4.79 Å². The number of dihydropyridines is 1. The van der Waals surface area contributed by atoms with Crippen LogP contribution in [0.5, 0.6) is 0 Å². The van der Waals surface area contributed by atoms with Gasteiger partial charge in [0, 0.05) is 31.8 Å². The van der Waals surface area contributed by atoms with Gasteiger partial charge in [-0.1, -0.05) is 11.6 Å². The Balaban J connectivity index is 2.37. The number of amides is 1. The smallest absolute Gasteiger partial charge is 0.269 e. The number of likely N-dealkylation sites (N-methyl/N-ethyl adjacent to an activating group) is 1. The normalized spacial score (nSPS) is 24.1. The van der Waals surface area contributed by atoms with Crippen molar-refractivity contribution in [2.45, 2.75) is 6.92 Å². The number of hydrogen-bond acceptors (Lipinski definition) is 2. The third kappa shape index (κ3) is 1.77. The monoisotopic (exact) mass is 202 g/mol. The molecule has 0 aromatic carbocycles. The van der Waals surface area contributed by atoms with Gasteiger partial charge in [-0.2, -0.15) is 0 Å². The van der Waals surface area contributed by atoms with Crippen LogP contribution in [0.1, 0.15) is 6.92 Å². The van der Waals surface area contributed by atoms with Crippen molar-refractivity contribution in [2.24, 2.45) is 10.9 Å². The predicted molar refractivity (Wildman–Crippen MR) is 60.6 cm³/mol. The maximum atomic E-state index is 11.3. The molecule has 1 amide bonds. The molecule has 1 aliphatic carbocycles. The maximum absolute atomic E-state index is 11.3. The van der Waals surface area contributed by atoms with Crippen molar-refractivity contribution >= 4 is 11.6 Å². The standard InChI is InChI=1S/C12H14N2O/c1-8-6-12(15)13-11-7-9(14(2)3)4-5-10(8)11/h4-7,10H,1-3H3. The zero-order chi connectivity index (χ0) is 11.0. The van der Waals surface area contributed by atoms with Crippen LogP contribution >= 0.6 is 0 Å². The highest BCUT2D eigenvalue weighted by atomic mass is 16.1. The molecule has 1 heterocycles. The van der Waals surface area contributed by atoms with Crippen LogP contribution in [0.15, 0.2) is 40.6 Å². The minimum atomic E-state index is -0.150. The topological polar surface area (TPSA) is 32.7 Å². The third-order valence-electron chi connectivity index (χ3n) is 2.67. The van der Waals surface area contributed by atoms with Crippen molar-refractivity contribution in [3.63, 3.8) is 0 Å². The summed E-state index contributed by atoms with van der Waals surface area (Å²) in [5.74, 6) is 0.0369. The summed E-state index contributed by atoms with van der Waals surface area (Å²) in [6.07, 6.45) is 7.73. The molecule has 15 heavy (non-hydrogen) atoms. The molecule has 0 saturated carbocycles. The minimum Gasteiger partial charge on any atom is -0.378 e. The van der Waals surface area contributed by atoms with E-state index in [1.165, 1.54) is 0 Å². The average molecular weight is 202 g/mol. The van der Waals surface area contributed by atoms with Gasteiger partial charge < -0.3 is 4.90 Å². The first-order chi connectivity index (χ1) is 7.08. The highest BCUT2D eigenvalue weighted by Gasteiger charge is 2.22. The third-order valence-corrected chi connectivity index (χ3v) is 2.67. The van der Waals surface area contributed by atoms with Crippen LogP contribution in [-0.4, -0.2) is 30.6 Å². The molecule has 0 radical (unpaired) electrons. The van der Waals surface area contributed by atoms with E-state index in [4.69, 9.17) is 0 Å². The van der Waals surface area contributed by atoms with E-state index in [0.717, 1.165) is 17.0 Å². The summed E-state index contributed by atoms with van der Waals surface area (Å²) in [7, 11) is 3.95. The summed E-state index contributed by atoms with van der Waals surface area (Å²) >= 11 is 0. The SMILES string of the molecule is CC1=CC(=O)N=C2C=C(N(C)C)C=CC12. The fourth-order valence-electron chi connectivity index (χ4n) is 1.79. The van der Waals surface area contributed by atoms with Gasteiger partial charge in [0.2, 0.25) is 0 Å². The van der Waals surface area contributed by atoms with Gasteiger partial charge in [-0.3, -0.25) is 4.79 Å². The first-order valence-electron chi connectivity index (χ1n) is 4.96. The Bertz CT molecular complexity index is 425. The highest BCUT2D eigenvalue weighted by Crippen LogP contribution is 2.25. The van der Waals surface area contributed by atoms with Gasteiger partial charge in [0.15, 0.2) is 0 Å². The molecule has 78 valence electrons. The van der Waals surface area contributed by atoms with Gasteiger partial charge in [-0.05, 0) is 19.1 Å². The molecule has 0 N–H and O–H groups in total. The molecule has 0 aromatic heterocycles. The second-order valence-electron chi connectivity index (χ2n) is 4.06. The van der Waals surface area contributed by atoms with E-state index in [1.54, 1.807) is 6.08 Å². The highest BCUT2D eigenvalue weighted by molar-refractivity contribution is 6.12. The Morgan fingerprint density at radius 1 is 1.33 bits per heavy atom. The van der Waals surface area contributed by atoms with E-state index < -0.39 is 0 Å². The second-order valence-corrected chi connectivity index (χ2v) is 4.06. The van der Waals surface area contributed by atoms with Crippen LogP contribution in [0.25, 0.3) is 0 Å². The summed E-state index contributed by atoms with van der Waals surface area (Å²) in [5.41, 5.74) is 2.99. The second kappa shape index (κ2) is 3.50. The molecule has 2 rings (SSSR count). The lowest BCUT2D eigenvalue weighted by Crippen LogP contribution is -2.23. The van der Waals surface area contributed by atoms with Crippen LogP contribution in [0, 0.1) is 5.92 Å². The van der Waals surface area contributed by atoms with Crippen molar-refractivity contribution in [1.82, 2.24) is 4.90 Å². The lowest BCUT2D eigenvalue weighted by Gasteiger charge is -2.24. The zero-order valence-electron chi connectivity index (χ0n) is 9.19. The number of carbonyl (C=O) groups is 1. The van der Waals surface area contributed by atoms with Crippen molar-refractivity contribution in [1.29, 1.82) is 0 Å². The van der Waals surface area contributed by atoms with E-state index in [9.17, 15) is 4.79 Å². The molecule has 0 fully saturated rings. The Hall–Kier alpha value is -1.64. The molecule has 3 nitrogen and oxygen atoms in total. The molecule has 0 spiro atoms. The summed E-state index contributed by atoms with van der Waals surface area (Å²) < 4.78 is 0. The number of allylic oxidation sites excluding steroid dienone is 4. The Kier molecular flexibility index (Phi) is 2.31. The summed E-state index contributed by atoms with van der Waals surface area (Å²) in [6.45, 7) is 1.97. The zero-order valence-corrected chi connectivity index (χ0v) is 9.19. The lowest BCUT2D eigenvalue weighted by molar-refractivity contribution is -0.113. The predicted octanol–water partition coefficient (Wildman–Crippen LogP) is 1.55. The van der Waals surface area contributed by atoms with E-state index in [2.05, 4.69) is 17.1 Å². The molecular weight excluding hydrogens is 188 g/mol. The van der Waals surface area contributed by atoms with E-state index in [-0.39, 0.29) is 11.8 Å². The van der Waals surface area contributed by atoms with Gasteiger partial charge in [-0.15, -0.1) is 0 Å². The first-order valence-corrected chi connectivity index (χ1v) is 4.96. The first kappa shape index (κ1) is 9.90. The van der Waals surface area contributed by atoms with E-state index in [0.29, 0.717) is 0 Å². The Morgan fingerprint density at radius 3 is 2.73 bits per heavy atom. The number of rotatable bonds is 1. The molecule has 3 heteroatoms. The van der Waals surface area contributed by atoms with Crippen molar-refractivity contribution < 1.29 is 4.79 Å². The van der Waals surface area contributed by atoms with Crippen LogP contribution in [0.4, 0.5) is 0 Å². The van der Waals surface area contributed by atoms with E-state index >= 15 is 0 Å². The van der Waals surface area contributed by atoms with Crippen LogP contribution in [0.2, 0.25) is 0 Å².